The zero-order chi connectivity index (χ0) is 13.8. The predicted molar refractivity (Wildman–Crippen MR) is 78.2 cm³/mol. The molecule has 2 rings (SSSR count). The first-order chi connectivity index (χ1) is 9.13. The number of hydrogen-bond donors (Lipinski definition) is 1. The topological polar surface area (TPSA) is 39.1 Å². The zero-order valence-corrected chi connectivity index (χ0v) is 11.6. The third-order valence-electron chi connectivity index (χ3n) is 2.90. The minimum Gasteiger partial charge on any atom is -0.497 e. The van der Waals surface area contributed by atoms with E-state index in [1.807, 2.05) is 48.9 Å². The van der Waals surface area contributed by atoms with Gasteiger partial charge in [-0.05, 0) is 37.6 Å². The molecule has 0 radical (unpaired) electrons. The van der Waals surface area contributed by atoms with Gasteiger partial charge in [0.25, 0.3) is 0 Å². The van der Waals surface area contributed by atoms with Crippen LogP contribution in [0.5, 0.6) is 5.75 Å². The van der Waals surface area contributed by atoms with Crippen molar-refractivity contribution in [2.75, 3.05) is 12.4 Å². The zero-order valence-electron chi connectivity index (χ0n) is 11.6. The van der Waals surface area contributed by atoms with Gasteiger partial charge in [-0.25, -0.2) is 4.98 Å². The SMILES string of the molecule is C=CCn1cc(C)nc1Nc1ccc(OC)cc1C. The summed E-state index contributed by atoms with van der Waals surface area (Å²) in [5.41, 5.74) is 3.12. The molecule has 0 amide bonds. The van der Waals surface area contributed by atoms with Crippen molar-refractivity contribution in [1.29, 1.82) is 0 Å². The number of rotatable bonds is 5. The lowest BCUT2D eigenvalue weighted by atomic mass is 10.2. The summed E-state index contributed by atoms with van der Waals surface area (Å²) in [4.78, 5) is 4.48. The minimum atomic E-state index is 0.734. The van der Waals surface area contributed by atoms with E-state index in [0.29, 0.717) is 0 Å². The number of hydrogen-bond acceptors (Lipinski definition) is 3. The molecule has 0 aliphatic carbocycles. The first-order valence-electron chi connectivity index (χ1n) is 6.20. The summed E-state index contributed by atoms with van der Waals surface area (Å²) in [6.45, 7) is 8.51. The number of aryl methyl sites for hydroxylation is 2. The maximum absolute atomic E-state index is 5.20. The fourth-order valence-electron chi connectivity index (χ4n) is 1.95. The Morgan fingerprint density at radius 2 is 2.21 bits per heavy atom. The summed E-state index contributed by atoms with van der Waals surface area (Å²) >= 11 is 0. The molecule has 1 heterocycles. The quantitative estimate of drug-likeness (QED) is 0.834. The second kappa shape index (κ2) is 5.61. The van der Waals surface area contributed by atoms with E-state index in [1.165, 1.54) is 0 Å². The molecule has 1 aromatic heterocycles. The molecule has 0 bridgehead atoms. The Kier molecular flexibility index (Phi) is 3.90. The Morgan fingerprint density at radius 1 is 1.42 bits per heavy atom. The van der Waals surface area contributed by atoms with Crippen molar-refractivity contribution in [1.82, 2.24) is 9.55 Å². The Morgan fingerprint density at radius 3 is 2.84 bits per heavy atom. The van der Waals surface area contributed by atoms with Gasteiger partial charge in [-0.3, -0.25) is 0 Å². The van der Waals surface area contributed by atoms with E-state index in [1.54, 1.807) is 7.11 Å². The second-order valence-corrected chi connectivity index (χ2v) is 4.45. The molecule has 0 unspecified atom stereocenters. The van der Waals surface area contributed by atoms with Crippen LogP contribution in [0.15, 0.2) is 37.1 Å². The standard InChI is InChI=1S/C15H19N3O/c1-5-8-18-10-12(3)16-15(18)17-14-7-6-13(19-4)9-11(14)2/h5-7,9-10H,1,8H2,2-4H3,(H,16,17). The Hall–Kier alpha value is -2.23. The molecular weight excluding hydrogens is 238 g/mol. The molecule has 0 spiro atoms. The highest BCUT2D eigenvalue weighted by Crippen LogP contribution is 2.24. The summed E-state index contributed by atoms with van der Waals surface area (Å²) in [6.07, 6.45) is 3.86. The first kappa shape index (κ1) is 13.2. The lowest BCUT2D eigenvalue weighted by molar-refractivity contribution is 0.414. The summed E-state index contributed by atoms with van der Waals surface area (Å²) in [5, 5.41) is 3.35. The molecule has 0 saturated carbocycles. The van der Waals surface area contributed by atoms with Gasteiger partial charge >= 0.3 is 0 Å². The second-order valence-electron chi connectivity index (χ2n) is 4.45. The summed E-state index contributed by atoms with van der Waals surface area (Å²) in [6, 6.07) is 5.93. The number of anilines is 2. The smallest absolute Gasteiger partial charge is 0.207 e. The molecule has 0 saturated heterocycles. The van der Waals surface area contributed by atoms with Crippen molar-refractivity contribution in [2.45, 2.75) is 20.4 Å². The largest absolute Gasteiger partial charge is 0.497 e. The predicted octanol–water partition coefficient (Wildman–Crippen LogP) is 3.44. The van der Waals surface area contributed by atoms with E-state index >= 15 is 0 Å². The number of nitrogens with zero attached hydrogens (tertiary/aromatic N) is 2. The molecule has 2 aromatic rings. The van der Waals surface area contributed by atoms with Crippen LogP contribution in [-0.2, 0) is 6.54 Å². The van der Waals surface area contributed by atoms with Gasteiger partial charge in [-0.2, -0.15) is 0 Å². The highest BCUT2D eigenvalue weighted by Gasteiger charge is 2.07. The maximum atomic E-state index is 5.20. The Bertz CT molecular complexity index is 587. The number of benzene rings is 1. The number of imidazole rings is 1. The molecule has 0 aliphatic heterocycles. The lowest BCUT2D eigenvalue weighted by Gasteiger charge is -2.11. The molecule has 0 aliphatic rings. The molecule has 1 aromatic carbocycles. The van der Waals surface area contributed by atoms with Crippen molar-refractivity contribution in [3.63, 3.8) is 0 Å². The Labute approximate surface area is 113 Å². The molecule has 4 nitrogen and oxygen atoms in total. The monoisotopic (exact) mass is 257 g/mol. The highest BCUT2D eigenvalue weighted by atomic mass is 16.5. The van der Waals surface area contributed by atoms with Crippen LogP contribution in [0.4, 0.5) is 11.6 Å². The fourth-order valence-corrected chi connectivity index (χ4v) is 1.95. The van der Waals surface area contributed by atoms with Crippen molar-refractivity contribution in [3.05, 3.63) is 48.3 Å². The van der Waals surface area contributed by atoms with Crippen LogP contribution in [0.1, 0.15) is 11.3 Å². The number of methoxy groups -OCH3 is 1. The number of nitrogens with one attached hydrogen (secondary N) is 1. The summed E-state index contributed by atoms with van der Waals surface area (Å²) < 4.78 is 7.24. The van der Waals surface area contributed by atoms with Crippen LogP contribution in [0.3, 0.4) is 0 Å². The number of aromatic nitrogens is 2. The molecule has 0 fully saturated rings. The van der Waals surface area contributed by atoms with Gasteiger partial charge in [0.2, 0.25) is 5.95 Å². The highest BCUT2D eigenvalue weighted by molar-refractivity contribution is 5.60. The third-order valence-corrected chi connectivity index (χ3v) is 2.90. The first-order valence-corrected chi connectivity index (χ1v) is 6.20. The molecule has 4 heteroatoms. The van der Waals surface area contributed by atoms with E-state index < -0.39 is 0 Å². The van der Waals surface area contributed by atoms with Gasteiger partial charge in [0, 0.05) is 18.4 Å². The van der Waals surface area contributed by atoms with Crippen LogP contribution < -0.4 is 10.1 Å². The van der Waals surface area contributed by atoms with Crippen LogP contribution >= 0.6 is 0 Å². The van der Waals surface area contributed by atoms with Crippen LogP contribution in [0.25, 0.3) is 0 Å². The van der Waals surface area contributed by atoms with Crippen LogP contribution in [0, 0.1) is 13.8 Å². The third kappa shape index (κ3) is 2.96. The average molecular weight is 257 g/mol. The maximum Gasteiger partial charge on any atom is 0.207 e. The number of allylic oxidation sites excluding steroid dienone is 1. The van der Waals surface area contributed by atoms with Crippen LogP contribution in [-0.4, -0.2) is 16.7 Å². The van der Waals surface area contributed by atoms with Crippen molar-refractivity contribution >= 4 is 11.6 Å². The fraction of sp³-hybridized carbons (Fsp3) is 0.267. The molecule has 19 heavy (non-hydrogen) atoms. The van der Waals surface area contributed by atoms with Gasteiger partial charge in [-0.15, -0.1) is 6.58 Å². The van der Waals surface area contributed by atoms with Gasteiger partial charge < -0.3 is 14.6 Å². The van der Waals surface area contributed by atoms with E-state index in [9.17, 15) is 0 Å². The lowest BCUT2D eigenvalue weighted by Crippen LogP contribution is -2.03. The summed E-state index contributed by atoms with van der Waals surface area (Å²) in [7, 11) is 1.67. The average Bonchev–Trinajstić information content (AvgIpc) is 2.72. The minimum absolute atomic E-state index is 0.734. The van der Waals surface area contributed by atoms with Crippen molar-refractivity contribution in [3.8, 4) is 5.75 Å². The number of ether oxygens (including phenoxy) is 1. The van der Waals surface area contributed by atoms with Gasteiger partial charge in [0.05, 0.1) is 12.8 Å². The van der Waals surface area contributed by atoms with Gasteiger partial charge in [-0.1, -0.05) is 6.08 Å². The molecular formula is C15H19N3O. The molecule has 100 valence electrons. The van der Waals surface area contributed by atoms with Gasteiger partial charge in [0.15, 0.2) is 0 Å². The van der Waals surface area contributed by atoms with Gasteiger partial charge in [0.1, 0.15) is 5.75 Å². The van der Waals surface area contributed by atoms with E-state index in [4.69, 9.17) is 4.74 Å². The Balaban J connectivity index is 2.28. The normalized spacial score (nSPS) is 10.3. The van der Waals surface area contributed by atoms with E-state index in [2.05, 4.69) is 16.9 Å². The van der Waals surface area contributed by atoms with Crippen molar-refractivity contribution in [2.24, 2.45) is 0 Å². The van der Waals surface area contributed by atoms with Crippen molar-refractivity contribution < 1.29 is 4.74 Å². The van der Waals surface area contributed by atoms with Crippen LogP contribution in [0.2, 0.25) is 0 Å². The van der Waals surface area contributed by atoms with E-state index in [-0.39, 0.29) is 0 Å². The molecule has 1 N–H and O–H groups in total. The van der Waals surface area contributed by atoms with E-state index in [0.717, 1.165) is 35.2 Å². The molecule has 0 atom stereocenters. The summed E-state index contributed by atoms with van der Waals surface area (Å²) in [5.74, 6) is 1.68.